The zero-order valence-electron chi connectivity index (χ0n) is 12.9. The summed E-state index contributed by atoms with van der Waals surface area (Å²) < 4.78 is 5.08. The van der Waals surface area contributed by atoms with E-state index >= 15 is 0 Å². The molecule has 0 bridgehead atoms. The lowest BCUT2D eigenvalue weighted by Gasteiger charge is -2.15. The van der Waals surface area contributed by atoms with Gasteiger partial charge in [-0.2, -0.15) is 0 Å². The number of ether oxygens (including phenoxy) is 1. The van der Waals surface area contributed by atoms with Gasteiger partial charge in [0.15, 0.2) is 0 Å². The van der Waals surface area contributed by atoms with Crippen LogP contribution in [0.1, 0.15) is 24.8 Å². The van der Waals surface area contributed by atoms with Crippen molar-refractivity contribution in [2.45, 2.75) is 37.6 Å². The van der Waals surface area contributed by atoms with E-state index in [1.54, 1.807) is 24.3 Å². The molecule has 0 amide bonds. The van der Waals surface area contributed by atoms with E-state index in [-0.39, 0.29) is 18.5 Å². The standard InChI is InChI=1S/C19H22O4/c20-16(8-4-9-18-10-5-11-19(22)23-18)14-17(21)13-12-15-6-2-1-3-7-15/h1-7,9,11-13,16-18,20-21H,8,10,14H2/b9-4+,13-12+/t16?,17?,18-/m0/s1. The molecule has 2 N–H and O–H groups in total. The number of benzene rings is 1. The normalized spacial score (nSPS) is 20.8. The fourth-order valence-corrected chi connectivity index (χ4v) is 2.28. The van der Waals surface area contributed by atoms with Crippen LogP contribution in [-0.2, 0) is 9.53 Å². The average Bonchev–Trinajstić information content (AvgIpc) is 2.54. The molecule has 0 spiro atoms. The van der Waals surface area contributed by atoms with Gasteiger partial charge in [0.1, 0.15) is 6.10 Å². The van der Waals surface area contributed by atoms with Crippen molar-refractivity contribution in [1.82, 2.24) is 0 Å². The number of aliphatic hydroxyl groups is 2. The van der Waals surface area contributed by atoms with Crippen molar-refractivity contribution < 1.29 is 19.7 Å². The van der Waals surface area contributed by atoms with Crippen LogP contribution >= 0.6 is 0 Å². The highest BCUT2D eigenvalue weighted by Crippen LogP contribution is 2.11. The molecule has 4 heteroatoms. The molecule has 1 aliphatic rings. The Kier molecular flexibility index (Phi) is 6.78. The molecule has 1 aromatic carbocycles. The Hall–Kier alpha value is -2.17. The van der Waals surface area contributed by atoms with Gasteiger partial charge in [-0.3, -0.25) is 0 Å². The number of carbonyl (C=O) groups excluding carboxylic acids is 1. The van der Waals surface area contributed by atoms with E-state index in [9.17, 15) is 15.0 Å². The summed E-state index contributed by atoms with van der Waals surface area (Å²) >= 11 is 0. The van der Waals surface area contributed by atoms with Crippen molar-refractivity contribution in [2.75, 3.05) is 0 Å². The predicted molar refractivity (Wildman–Crippen MR) is 89.5 cm³/mol. The largest absolute Gasteiger partial charge is 0.455 e. The predicted octanol–water partition coefficient (Wildman–Crippen LogP) is 2.63. The maximum Gasteiger partial charge on any atom is 0.331 e. The van der Waals surface area contributed by atoms with E-state index in [0.29, 0.717) is 12.8 Å². The summed E-state index contributed by atoms with van der Waals surface area (Å²) in [5, 5.41) is 19.8. The molecule has 0 saturated carbocycles. The van der Waals surface area contributed by atoms with Gasteiger partial charge < -0.3 is 14.9 Å². The second-order valence-electron chi connectivity index (χ2n) is 5.50. The Morgan fingerprint density at radius 1 is 1.26 bits per heavy atom. The van der Waals surface area contributed by atoms with Crippen LogP contribution in [0.3, 0.4) is 0 Å². The zero-order chi connectivity index (χ0) is 16.5. The van der Waals surface area contributed by atoms with Crippen LogP contribution in [0.4, 0.5) is 0 Å². The van der Waals surface area contributed by atoms with Crippen molar-refractivity contribution >= 4 is 12.0 Å². The second kappa shape index (κ2) is 9.08. The van der Waals surface area contributed by atoms with Crippen LogP contribution in [0.2, 0.25) is 0 Å². The van der Waals surface area contributed by atoms with E-state index in [0.717, 1.165) is 5.56 Å². The van der Waals surface area contributed by atoms with E-state index in [1.807, 2.05) is 36.4 Å². The number of rotatable bonds is 7. The molecule has 0 aromatic heterocycles. The maximum absolute atomic E-state index is 11.1. The molecule has 122 valence electrons. The van der Waals surface area contributed by atoms with Gasteiger partial charge in [-0.15, -0.1) is 0 Å². The fourth-order valence-electron chi connectivity index (χ4n) is 2.28. The highest BCUT2D eigenvalue weighted by atomic mass is 16.5. The van der Waals surface area contributed by atoms with Gasteiger partial charge in [0.2, 0.25) is 0 Å². The first-order valence-corrected chi connectivity index (χ1v) is 7.76. The minimum absolute atomic E-state index is 0.261. The van der Waals surface area contributed by atoms with Gasteiger partial charge in [-0.1, -0.05) is 54.6 Å². The molecule has 2 unspecified atom stereocenters. The number of carbonyl (C=O) groups is 1. The van der Waals surface area contributed by atoms with E-state index < -0.39 is 12.2 Å². The van der Waals surface area contributed by atoms with Gasteiger partial charge in [0.25, 0.3) is 0 Å². The highest BCUT2D eigenvalue weighted by Gasteiger charge is 2.13. The Bertz CT molecular complexity index is 574. The maximum atomic E-state index is 11.1. The highest BCUT2D eigenvalue weighted by molar-refractivity contribution is 5.82. The summed E-state index contributed by atoms with van der Waals surface area (Å²) in [6.07, 6.45) is 9.98. The number of cyclic esters (lactones) is 1. The molecule has 3 atom stereocenters. The molecule has 0 radical (unpaired) electrons. The molecule has 23 heavy (non-hydrogen) atoms. The lowest BCUT2D eigenvalue weighted by Crippen LogP contribution is -2.18. The van der Waals surface area contributed by atoms with Gasteiger partial charge >= 0.3 is 5.97 Å². The summed E-state index contributed by atoms with van der Waals surface area (Å²) in [6, 6.07) is 9.69. The first-order chi connectivity index (χ1) is 11.1. The summed E-state index contributed by atoms with van der Waals surface area (Å²) in [5.41, 5.74) is 1.01. The Morgan fingerprint density at radius 3 is 2.78 bits per heavy atom. The van der Waals surface area contributed by atoms with Crippen molar-refractivity contribution in [3.63, 3.8) is 0 Å². The second-order valence-corrected chi connectivity index (χ2v) is 5.50. The van der Waals surface area contributed by atoms with Gasteiger partial charge in [0, 0.05) is 18.9 Å². The van der Waals surface area contributed by atoms with Crippen LogP contribution in [0, 0.1) is 0 Å². The third-order valence-corrected chi connectivity index (χ3v) is 3.47. The Labute approximate surface area is 136 Å². The minimum Gasteiger partial charge on any atom is -0.455 e. The van der Waals surface area contributed by atoms with Gasteiger partial charge in [0.05, 0.1) is 12.2 Å². The number of hydrogen-bond acceptors (Lipinski definition) is 4. The first kappa shape index (κ1) is 17.2. The molecule has 4 nitrogen and oxygen atoms in total. The van der Waals surface area contributed by atoms with Gasteiger partial charge in [-0.25, -0.2) is 4.79 Å². The number of hydrogen-bond donors (Lipinski definition) is 2. The van der Waals surface area contributed by atoms with Crippen LogP contribution < -0.4 is 0 Å². The Morgan fingerprint density at radius 2 is 2.04 bits per heavy atom. The smallest absolute Gasteiger partial charge is 0.331 e. The third kappa shape index (κ3) is 6.63. The number of aliphatic hydroxyl groups excluding tert-OH is 2. The van der Waals surface area contributed by atoms with Crippen LogP contribution in [0.5, 0.6) is 0 Å². The molecule has 1 aromatic rings. The molecule has 0 saturated heterocycles. The van der Waals surface area contributed by atoms with Crippen molar-refractivity contribution in [1.29, 1.82) is 0 Å². The summed E-state index contributed by atoms with van der Waals surface area (Å²) in [5.74, 6) is -0.340. The quantitative estimate of drug-likeness (QED) is 0.600. The molecular weight excluding hydrogens is 292 g/mol. The van der Waals surface area contributed by atoms with E-state index in [1.165, 1.54) is 6.08 Å². The third-order valence-electron chi connectivity index (χ3n) is 3.47. The topological polar surface area (TPSA) is 66.8 Å². The summed E-state index contributed by atoms with van der Waals surface area (Å²) in [7, 11) is 0. The molecule has 0 aliphatic carbocycles. The number of esters is 1. The molecule has 0 fully saturated rings. The van der Waals surface area contributed by atoms with Crippen LogP contribution in [0.15, 0.2) is 60.7 Å². The Balaban J connectivity index is 1.71. The summed E-state index contributed by atoms with van der Waals surface area (Å²) in [4.78, 5) is 11.1. The molecule has 1 aliphatic heterocycles. The van der Waals surface area contributed by atoms with Crippen molar-refractivity contribution in [2.24, 2.45) is 0 Å². The minimum atomic E-state index is -0.700. The van der Waals surface area contributed by atoms with Crippen molar-refractivity contribution in [3.05, 3.63) is 66.3 Å². The zero-order valence-corrected chi connectivity index (χ0v) is 12.9. The van der Waals surface area contributed by atoms with E-state index in [4.69, 9.17) is 4.74 Å². The first-order valence-electron chi connectivity index (χ1n) is 7.76. The SMILES string of the molecule is O=C1C=CC[C@H](/C=C/CC(O)CC(O)/C=C/c2ccccc2)O1. The van der Waals surface area contributed by atoms with Gasteiger partial charge in [-0.05, 0) is 18.1 Å². The van der Waals surface area contributed by atoms with Crippen molar-refractivity contribution in [3.8, 4) is 0 Å². The molecule has 2 rings (SSSR count). The molecular formula is C19H22O4. The van der Waals surface area contributed by atoms with Crippen LogP contribution in [-0.4, -0.2) is 34.5 Å². The lowest BCUT2D eigenvalue weighted by molar-refractivity contribution is -0.141. The average molecular weight is 314 g/mol. The molecule has 1 heterocycles. The fraction of sp³-hybridized carbons (Fsp3) is 0.316. The van der Waals surface area contributed by atoms with E-state index in [2.05, 4.69) is 0 Å². The lowest BCUT2D eigenvalue weighted by atomic mass is 10.1. The van der Waals surface area contributed by atoms with Crippen LogP contribution in [0.25, 0.3) is 6.08 Å². The monoisotopic (exact) mass is 314 g/mol. The summed E-state index contributed by atoms with van der Waals surface area (Å²) in [6.45, 7) is 0.